The number of hydrogen-bond donors (Lipinski definition) is 1. The summed E-state index contributed by atoms with van der Waals surface area (Å²) in [7, 11) is 0. The van der Waals surface area contributed by atoms with Gasteiger partial charge in [0.05, 0.1) is 30.4 Å². The first kappa shape index (κ1) is 33.5. The number of amides is 3. The number of rotatable bonds is 9. The molecule has 1 saturated carbocycles. The van der Waals surface area contributed by atoms with E-state index in [0.29, 0.717) is 6.07 Å². The minimum Gasteiger partial charge on any atom is -0.351 e. The summed E-state index contributed by atoms with van der Waals surface area (Å²) in [4.78, 5) is 61.9. The summed E-state index contributed by atoms with van der Waals surface area (Å²) in [6.07, 6.45) is -0.0799. The molecule has 1 aliphatic heterocycles. The second-order valence-electron chi connectivity index (χ2n) is 11.4. The minimum absolute atomic E-state index is 0.00495. The van der Waals surface area contributed by atoms with Crippen LogP contribution in [-0.2, 0) is 19.2 Å². The van der Waals surface area contributed by atoms with Crippen LogP contribution >= 0.6 is 11.6 Å². The Labute approximate surface area is 271 Å². The van der Waals surface area contributed by atoms with Crippen LogP contribution in [0, 0.1) is 23.0 Å². The third-order valence-corrected chi connectivity index (χ3v) is 8.07. The van der Waals surface area contributed by atoms with E-state index in [4.69, 9.17) is 11.6 Å². The number of ketones is 1. The molecule has 244 valence electrons. The Balaban J connectivity index is 1.68. The molecule has 1 aromatic heterocycles. The molecule has 2 heterocycles. The van der Waals surface area contributed by atoms with E-state index in [1.807, 2.05) is 6.07 Å². The predicted octanol–water partition coefficient (Wildman–Crippen LogP) is 4.18. The maximum absolute atomic E-state index is 14.9. The van der Waals surface area contributed by atoms with Crippen LogP contribution in [0.15, 0.2) is 60.8 Å². The Kier molecular flexibility index (Phi) is 9.60. The molecule has 2 atom stereocenters. The average Bonchev–Trinajstić information content (AvgIpc) is 2.98. The van der Waals surface area contributed by atoms with Gasteiger partial charge in [0.2, 0.25) is 11.8 Å². The fourth-order valence-corrected chi connectivity index (χ4v) is 5.98. The van der Waals surface area contributed by atoms with Crippen molar-refractivity contribution in [2.75, 3.05) is 29.4 Å². The van der Waals surface area contributed by atoms with Crippen molar-refractivity contribution in [3.05, 3.63) is 88.6 Å². The van der Waals surface area contributed by atoms with Crippen LogP contribution in [0.1, 0.15) is 36.9 Å². The van der Waals surface area contributed by atoms with E-state index in [2.05, 4.69) is 10.3 Å². The largest absolute Gasteiger partial charge is 0.351 e. The van der Waals surface area contributed by atoms with Gasteiger partial charge in [-0.1, -0.05) is 29.8 Å². The molecule has 5 rings (SSSR count). The predicted molar refractivity (Wildman–Crippen MR) is 161 cm³/mol. The molecule has 2 aromatic carbocycles. The third kappa shape index (κ3) is 7.42. The van der Waals surface area contributed by atoms with Gasteiger partial charge in [-0.2, -0.15) is 5.26 Å². The van der Waals surface area contributed by atoms with E-state index < -0.39 is 71.9 Å². The lowest BCUT2D eigenvalue weighted by Gasteiger charge is -2.43. The summed E-state index contributed by atoms with van der Waals surface area (Å²) in [6, 6.07) is 8.24. The van der Waals surface area contributed by atoms with Gasteiger partial charge in [0.15, 0.2) is 0 Å². The highest BCUT2D eigenvalue weighted by atomic mass is 35.5. The summed E-state index contributed by atoms with van der Waals surface area (Å²) in [5.74, 6) is -8.35. The topological polar surface area (TPSA) is 127 Å². The molecule has 47 heavy (non-hydrogen) atoms. The number of pyridine rings is 1. The maximum atomic E-state index is 14.9. The standard InChI is InChI=1S/C32H27ClF4N6O4/c1-18(44)15-41-16-26(43(28(45)17-41)27-8-19(14-38)6-7-39-27)31(47)42(23-10-20(34)9-21(35)11-23)29(24-4-2-3-5-25(24)33)30(46)40-22-12-32(36,37)13-22/h2-11,22,26,29H,12-13,15-17H2,1H3,(H,40,46)/t26-,29-/m0/s1. The summed E-state index contributed by atoms with van der Waals surface area (Å²) in [5, 5.41) is 11.9. The Hall–Kier alpha value is -4.87. The molecule has 2 fully saturated rings. The summed E-state index contributed by atoms with van der Waals surface area (Å²) < 4.78 is 56.9. The number of carbonyl (C=O) groups excluding carboxylic acids is 4. The fourth-order valence-electron chi connectivity index (χ4n) is 5.74. The van der Waals surface area contributed by atoms with Gasteiger partial charge in [-0.05, 0) is 37.3 Å². The van der Waals surface area contributed by atoms with E-state index in [0.717, 1.165) is 21.9 Å². The van der Waals surface area contributed by atoms with Crippen molar-refractivity contribution in [1.82, 2.24) is 15.2 Å². The number of anilines is 2. The van der Waals surface area contributed by atoms with Crippen molar-refractivity contribution in [3.63, 3.8) is 0 Å². The molecule has 10 nitrogen and oxygen atoms in total. The van der Waals surface area contributed by atoms with Gasteiger partial charge in [0.1, 0.15) is 35.3 Å². The Morgan fingerprint density at radius 3 is 2.43 bits per heavy atom. The zero-order valence-corrected chi connectivity index (χ0v) is 25.6. The van der Waals surface area contributed by atoms with Crippen LogP contribution in [0.3, 0.4) is 0 Å². The van der Waals surface area contributed by atoms with E-state index in [-0.39, 0.29) is 47.4 Å². The number of alkyl halides is 2. The van der Waals surface area contributed by atoms with Gasteiger partial charge in [-0.3, -0.25) is 33.9 Å². The first-order valence-electron chi connectivity index (χ1n) is 14.4. The number of piperazine rings is 1. The number of carbonyl (C=O) groups is 4. The smallest absolute Gasteiger partial charge is 0.252 e. The molecule has 1 saturated heterocycles. The molecular formula is C32H27ClF4N6O4. The van der Waals surface area contributed by atoms with E-state index in [9.17, 15) is 42.0 Å². The highest BCUT2D eigenvalue weighted by Crippen LogP contribution is 2.39. The van der Waals surface area contributed by atoms with Crippen molar-refractivity contribution >= 4 is 46.6 Å². The zero-order chi connectivity index (χ0) is 34.0. The number of Topliss-reactive ketones (excluding diaryl/α,β-unsaturated/α-hetero) is 1. The van der Waals surface area contributed by atoms with E-state index in [1.54, 1.807) is 0 Å². The van der Waals surface area contributed by atoms with Gasteiger partial charge in [-0.25, -0.2) is 22.5 Å². The Morgan fingerprint density at radius 1 is 1.13 bits per heavy atom. The second kappa shape index (κ2) is 13.5. The molecule has 0 unspecified atom stereocenters. The van der Waals surface area contributed by atoms with Crippen LogP contribution in [0.5, 0.6) is 0 Å². The SMILES string of the molecule is CC(=O)CN1CC(=O)N(c2cc(C#N)ccn2)[C@H](C(=O)N(c2cc(F)cc(F)c2)[C@H](C(=O)NC2CC(F)(F)C2)c2ccccc2Cl)C1. The lowest BCUT2D eigenvalue weighted by molar-refractivity contribution is -0.134. The van der Waals surface area contributed by atoms with Gasteiger partial charge in [-0.15, -0.1) is 0 Å². The second-order valence-corrected chi connectivity index (χ2v) is 11.8. The third-order valence-electron chi connectivity index (χ3n) is 7.73. The number of nitrogens with zero attached hydrogens (tertiary/aromatic N) is 5. The Morgan fingerprint density at radius 2 is 1.81 bits per heavy atom. The van der Waals surface area contributed by atoms with Crippen LogP contribution < -0.4 is 15.1 Å². The Bertz CT molecular complexity index is 1760. The van der Waals surface area contributed by atoms with Gasteiger partial charge in [0, 0.05) is 48.3 Å². The molecule has 0 spiro atoms. The lowest BCUT2D eigenvalue weighted by atomic mass is 9.87. The molecular weight excluding hydrogens is 644 g/mol. The van der Waals surface area contributed by atoms with Gasteiger partial charge < -0.3 is 5.32 Å². The van der Waals surface area contributed by atoms with Crippen molar-refractivity contribution in [2.24, 2.45) is 0 Å². The first-order chi connectivity index (χ1) is 22.3. The summed E-state index contributed by atoms with van der Waals surface area (Å²) >= 11 is 6.50. The fraction of sp³-hybridized carbons (Fsp3) is 0.312. The molecule has 1 aliphatic carbocycles. The van der Waals surface area contributed by atoms with Crippen LogP contribution in [0.4, 0.5) is 29.1 Å². The number of hydrogen-bond acceptors (Lipinski definition) is 7. The van der Waals surface area contributed by atoms with Gasteiger partial charge >= 0.3 is 0 Å². The minimum atomic E-state index is -3.01. The van der Waals surface area contributed by atoms with Crippen molar-refractivity contribution in [3.8, 4) is 6.07 Å². The van der Waals surface area contributed by atoms with E-state index in [1.165, 1.54) is 54.4 Å². The highest BCUT2D eigenvalue weighted by molar-refractivity contribution is 6.31. The molecule has 15 heteroatoms. The summed E-state index contributed by atoms with van der Waals surface area (Å²) in [5.41, 5.74) is -0.342. The van der Waals surface area contributed by atoms with Crippen LogP contribution in [0.2, 0.25) is 5.02 Å². The molecule has 1 N–H and O–H groups in total. The highest BCUT2D eigenvalue weighted by Gasteiger charge is 2.49. The van der Waals surface area contributed by atoms with Gasteiger partial charge in [0.25, 0.3) is 11.8 Å². The molecule has 0 radical (unpaired) electrons. The molecule has 3 amide bonds. The summed E-state index contributed by atoms with van der Waals surface area (Å²) in [6.45, 7) is 0.451. The molecule has 3 aromatic rings. The monoisotopic (exact) mass is 670 g/mol. The first-order valence-corrected chi connectivity index (χ1v) is 14.8. The number of nitrogens with one attached hydrogen (secondary N) is 1. The van der Waals surface area contributed by atoms with Crippen molar-refractivity contribution in [2.45, 2.75) is 43.8 Å². The van der Waals surface area contributed by atoms with Crippen molar-refractivity contribution in [1.29, 1.82) is 5.26 Å². The number of aromatic nitrogens is 1. The normalized spacial score (nSPS) is 18.5. The zero-order valence-electron chi connectivity index (χ0n) is 24.8. The number of halogens is 5. The maximum Gasteiger partial charge on any atom is 0.252 e. The quantitative estimate of drug-likeness (QED) is 0.339. The van der Waals surface area contributed by atoms with E-state index >= 15 is 0 Å². The van der Waals surface area contributed by atoms with Crippen LogP contribution in [-0.4, -0.2) is 71.0 Å². The van der Waals surface area contributed by atoms with Crippen molar-refractivity contribution < 1.29 is 36.7 Å². The van der Waals surface area contributed by atoms with Crippen LogP contribution in [0.25, 0.3) is 0 Å². The molecule has 0 bridgehead atoms. The number of nitriles is 1. The number of benzene rings is 2. The lowest BCUT2D eigenvalue weighted by Crippen LogP contribution is -2.64. The average molecular weight is 671 g/mol. The molecule has 2 aliphatic rings.